The average molecular weight is 249 g/mol. The lowest BCUT2D eigenvalue weighted by molar-refractivity contribution is 0.326. The molecule has 18 heavy (non-hydrogen) atoms. The van der Waals surface area contributed by atoms with E-state index >= 15 is 0 Å². The average Bonchev–Trinajstić information content (AvgIpc) is 2.64. The number of nitrogens with two attached hydrogens (primary N) is 1. The van der Waals surface area contributed by atoms with Crippen molar-refractivity contribution >= 4 is 0 Å². The van der Waals surface area contributed by atoms with Crippen LogP contribution in [0.3, 0.4) is 0 Å². The zero-order chi connectivity index (χ0) is 13.4. The van der Waals surface area contributed by atoms with Crippen molar-refractivity contribution in [1.82, 2.24) is 0 Å². The molecule has 1 unspecified atom stereocenters. The van der Waals surface area contributed by atoms with E-state index < -0.39 is 0 Å². The van der Waals surface area contributed by atoms with Crippen LogP contribution in [0.25, 0.3) is 0 Å². The van der Waals surface area contributed by atoms with Crippen LogP contribution in [0.15, 0.2) is 18.2 Å². The fourth-order valence-electron chi connectivity index (χ4n) is 3.03. The Morgan fingerprint density at radius 2 is 1.83 bits per heavy atom. The van der Waals surface area contributed by atoms with Crippen molar-refractivity contribution in [3.8, 4) is 11.5 Å². The fourth-order valence-corrected chi connectivity index (χ4v) is 3.03. The number of hydrogen-bond acceptors (Lipinski definition) is 3. The third-order valence-corrected chi connectivity index (χ3v) is 3.98. The minimum Gasteiger partial charge on any atom is -0.497 e. The minimum absolute atomic E-state index is 0.294. The Bertz CT molecular complexity index is 442. The number of benzene rings is 1. The molecule has 0 amide bonds. The second-order valence-electron chi connectivity index (χ2n) is 6.06. The molecule has 0 heterocycles. The first-order chi connectivity index (χ1) is 8.40. The van der Waals surface area contributed by atoms with E-state index in [0.717, 1.165) is 36.3 Å². The van der Waals surface area contributed by atoms with Crippen LogP contribution in [0.1, 0.15) is 38.7 Å². The highest BCUT2D eigenvalue weighted by Crippen LogP contribution is 2.49. The van der Waals surface area contributed by atoms with Gasteiger partial charge in [0.15, 0.2) is 0 Å². The van der Waals surface area contributed by atoms with E-state index in [1.807, 2.05) is 18.2 Å². The minimum atomic E-state index is -0.302. The molecule has 1 aliphatic carbocycles. The van der Waals surface area contributed by atoms with Crippen LogP contribution >= 0.6 is 0 Å². The first-order valence-corrected chi connectivity index (χ1v) is 6.42. The zero-order valence-corrected chi connectivity index (χ0v) is 11.7. The lowest BCUT2D eigenvalue weighted by Gasteiger charge is -2.29. The Labute approximate surface area is 109 Å². The second kappa shape index (κ2) is 4.47. The summed E-state index contributed by atoms with van der Waals surface area (Å²) in [6.07, 6.45) is 3.11. The molecule has 0 spiro atoms. The molecule has 0 saturated heterocycles. The van der Waals surface area contributed by atoms with Crippen molar-refractivity contribution in [3.63, 3.8) is 0 Å². The predicted octanol–water partition coefficient (Wildman–Crippen LogP) is 3.07. The van der Waals surface area contributed by atoms with E-state index in [1.165, 1.54) is 0 Å². The quantitative estimate of drug-likeness (QED) is 0.895. The molecular weight excluding hydrogens is 226 g/mol. The molecule has 2 N–H and O–H groups in total. The van der Waals surface area contributed by atoms with Crippen LogP contribution in [-0.4, -0.2) is 14.2 Å². The highest BCUT2D eigenvalue weighted by atomic mass is 16.5. The maximum Gasteiger partial charge on any atom is 0.124 e. The summed E-state index contributed by atoms with van der Waals surface area (Å²) in [5.41, 5.74) is 7.68. The predicted molar refractivity (Wildman–Crippen MR) is 73.0 cm³/mol. The van der Waals surface area contributed by atoms with Crippen LogP contribution in [-0.2, 0) is 5.54 Å². The van der Waals surface area contributed by atoms with Crippen LogP contribution in [0.4, 0.5) is 0 Å². The van der Waals surface area contributed by atoms with Gasteiger partial charge >= 0.3 is 0 Å². The Balaban J connectivity index is 2.43. The molecule has 100 valence electrons. The second-order valence-corrected chi connectivity index (χ2v) is 6.06. The molecule has 3 heteroatoms. The topological polar surface area (TPSA) is 44.5 Å². The number of ether oxygens (including phenoxy) is 2. The maximum atomic E-state index is 6.62. The third-order valence-electron chi connectivity index (χ3n) is 3.98. The number of hydrogen-bond donors (Lipinski definition) is 1. The van der Waals surface area contributed by atoms with Gasteiger partial charge in [0.05, 0.1) is 14.2 Å². The van der Waals surface area contributed by atoms with Gasteiger partial charge in [0.25, 0.3) is 0 Å². The number of methoxy groups -OCH3 is 2. The molecule has 0 aliphatic heterocycles. The van der Waals surface area contributed by atoms with Gasteiger partial charge in [0.2, 0.25) is 0 Å². The Kier molecular flexibility index (Phi) is 3.28. The van der Waals surface area contributed by atoms with Gasteiger partial charge in [-0.2, -0.15) is 0 Å². The molecule has 1 fully saturated rings. The summed E-state index contributed by atoms with van der Waals surface area (Å²) in [5.74, 6) is 1.69. The van der Waals surface area contributed by atoms with E-state index in [1.54, 1.807) is 14.2 Å². The summed E-state index contributed by atoms with van der Waals surface area (Å²) in [4.78, 5) is 0. The van der Waals surface area contributed by atoms with Gasteiger partial charge in [-0.05, 0) is 42.9 Å². The van der Waals surface area contributed by atoms with E-state index in [2.05, 4.69) is 13.8 Å². The molecule has 1 aromatic rings. The van der Waals surface area contributed by atoms with Crippen molar-refractivity contribution in [2.75, 3.05) is 14.2 Å². The van der Waals surface area contributed by atoms with Crippen molar-refractivity contribution < 1.29 is 9.47 Å². The van der Waals surface area contributed by atoms with Gasteiger partial charge in [0.1, 0.15) is 11.5 Å². The highest BCUT2D eigenvalue weighted by molar-refractivity contribution is 5.45. The summed E-state index contributed by atoms with van der Waals surface area (Å²) in [6.45, 7) is 4.54. The van der Waals surface area contributed by atoms with Crippen molar-refractivity contribution in [2.45, 2.75) is 38.6 Å². The van der Waals surface area contributed by atoms with Crippen molar-refractivity contribution in [3.05, 3.63) is 23.8 Å². The first-order valence-electron chi connectivity index (χ1n) is 6.42. The molecule has 1 saturated carbocycles. The maximum absolute atomic E-state index is 6.62. The summed E-state index contributed by atoms with van der Waals surface area (Å²) in [5, 5.41) is 0. The van der Waals surface area contributed by atoms with Gasteiger partial charge in [0, 0.05) is 11.1 Å². The SMILES string of the molecule is COc1ccc(OC)c(C2(N)CCC(C)(C)C2)c1. The summed E-state index contributed by atoms with van der Waals surface area (Å²) < 4.78 is 10.8. The van der Waals surface area contributed by atoms with Gasteiger partial charge < -0.3 is 15.2 Å². The van der Waals surface area contributed by atoms with Gasteiger partial charge in [-0.25, -0.2) is 0 Å². The summed E-state index contributed by atoms with van der Waals surface area (Å²) in [6, 6.07) is 5.86. The smallest absolute Gasteiger partial charge is 0.124 e. The zero-order valence-electron chi connectivity index (χ0n) is 11.7. The van der Waals surface area contributed by atoms with Crippen molar-refractivity contribution in [2.24, 2.45) is 11.1 Å². The summed E-state index contributed by atoms with van der Waals surface area (Å²) >= 11 is 0. The lowest BCUT2D eigenvalue weighted by Crippen LogP contribution is -2.35. The van der Waals surface area contributed by atoms with Crippen LogP contribution in [0, 0.1) is 5.41 Å². The molecule has 3 nitrogen and oxygen atoms in total. The van der Waals surface area contributed by atoms with Crippen LogP contribution in [0.5, 0.6) is 11.5 Å². The largest absolute Gasteiger partial charge is 0.497 e. The van der Waals surface area contributed by atoms with Crippen molar-refractivity contribution in [1.29, 1.82) is 0 Å². The van der Waals surface area contributed by atoms with E-state index in [-0.39, 0.29) is 5.54 Å². The monoisotopic (exact) mass is 249 g/mol. The molecule has 0 radical (unpaired) electrons. The normalized spacial score (nSPS) is 26.1. The van der Waals surface area contributed by atoms with E-state index in [4.69, 9.17) is 15.2 Å². The molecule has 0 aromatic heterocycles. The summed E-state index contributed by atoms with van der Waals surface area (Å²) in [7, 11) is 3.36. The molecule has 2 rings (SSSR count). The molecule has 1 atom stereocenters. The fraction of sp³-hybridized carbons (Fsp3) is 0.600. The Morgan fingerprint density at radius 3 is 2.33 bits per heavy atom. The molecular formula is C15H23NO2. The van der Waals surface area contributed by atoms with Gasteiger partial charge in [-0.1, -0.05) is 13.8 Å². The van der Waals surface area contributed by atoms with E-state index in [0.29, 0.717) is 5.41 Å². The highest BCUT2D eigenvalue weighted by Gasteiger charge is 2.43. The number of rotatable bonds is 3. The molecule has 0 bridgehead atoms. The lowest BCUT2D eigenvalue weighted by atomic mass is 9.83. The van der Waals surface area contributed by atoms with E-state index in [9.17, 15) is 0 Å². The van der Waals surface area contributed by atoms with Gasteiger partial charge in [-0.15, -0.1) is 0 Å². The molecule has 1 aromatic carbocycles. The molecule has 1 aliphatic rings. The third kappa shape index (κ3) is 2.32. The first kappa shape index (κ1) is 13.2. The Hall–Kier alpha value is -1.22. The van der Waals surface area contributed by atoms with Crippen LogP contribution < -0.4 is 15.2 Å². The Morgan fingerprint density at radius 1 is 1.11 bits per heavy atom. The van der Waals surface area contributed by atoms with Crippen LogP contribution in [0.2, 0.25) is 0 Å². The standard InChI is InChI=1S/C15H23NO2/c1-14(2)7-8-15(16,10-14)12-9-11(17-3)5-6-13(12)18-4/h5-6,9H,7-8,10,16H2,1-4H3. The van der Waals surface area contributed by atoms with Gasteiger partial charge in [-0.3, -0.25) is 0 Å².